The van der Waals surface area contributed by atoms with Crippen LogP contribution in [0.2, 0.25) is 0 Å². The van der Waals surface area contributed by atoms with Crippen molar-refractivity contribution in [2.45, 2.75) is 52.4 Å². The van der Waals surface area contributed by atoms with E-state index in [0.717, 1.165) is 6.42 Å². The van der Waals surface area contributed by atoms with Crippen molar-refractivity contribution >= 4 is 0 Å². The highest BCUT2D eigenvalue weighted by Gasteiger charge is 1.88. The van der Waals surface area contributed by atoms with Gasteiger partial charge in [-0.1, -0.05) is 31.1 Å². The molecule has 0 amide bonds. The van der Waals surface area contributed by atoms with Crippen molar-refractivity contribution in [3.63, 3.8) is 0 Å². The summed E-state index contributed by atoms with van der Waals surface area (Å²) in [5.41, 5.74) is 1.56. The minimum atomic E-state index is 1.15. The Morgan fingerprint density at radius 1 is 1.25 bits per heavy atom. The fourth-order valence-electron chi connectivity index (χ4n) is 1.17. The van der Waals surface area contributed by atoms with Crippen molar-refractivity contribution in [1.29, 1.82) is 0 Å². The summed E-state index contributed by atoms with van der Waals surface area (Å²) in [4.78, 5) is 0. The molecule has 0 saturated heterocycles. The van der Waals surface area contributed by atoms with Crippen LogP contribution in [0.5, 0.6) is 0 Å². The van der Waals surface area contributed by atoms with E-state index >= 15 is 0 Å². The maximum atomic E-state index is 3.71. The van der Waals surface area contributed by atoms with Crippen LogP contribution in [0.4, 0.5) is 0 Å². The van der Waals surface area contributed by atoms with E-state index in [1.165, 1.54) is 32.1 Å². The lowest BCUT2D eigenvalue weighted by molar-refractivity contribution is 0.776. The Hall–Kier alpha value is -0.520. The Balaban J connectivity index is 3.34. The molecule has 0 spiro atoms. The highest BCUT2D eigenvalue weighted by atomic mass is 13.9. The molecule has 0 aliphatic rings. The maximum absolute atomic E-state index is 3.71. The van der Waals surface area contributed by atoms with Crippen LogP contribution in [-0.2, 0) is 0 Å². The first-order valence-corrected chi connectivity index (χ1v) is 5.07. The molecule has 0 bridgehead atoms. The van der Waals surface area contributed by atoms with Crippen molar-refractivity contribution in [2.75, 3.05) is 0 Å². The molecule has 0 nitrogen and oxygen atoms in total. The van der Waals surface area contributed by atoms with Crippen LogP contribution < -0.4 is 0 Å². The molecule has 0 atom stereocenters. The zero-order valence-electron chi connectivity index (χ0n) is 8.60. The van der Waals surface area contributed by atoms with Gasteiger partial charge in [0.1, 0.15) is 0 Å². The Kier molecular flexibility index (Phi) is 8.20. The second-order valence-electron chi connectivity index (χ2n) is 3.37. The van der Waals surface area contributed by atoms with Gasteiger partial charge < -0.3 is 0 Å². The van der Waals surface area contributed by atoms with Gasteiger partial charge in [0.05, 0.1) is 0 Å². The Labute approximate surface area is 77.4 Å². The van der Waals surface area contributed by atoms with Crippen molar-refractivity contribution in [1.82, 2.24) is 0 Å². The van der Waals surface area contributed by atoms with Gasteiger partial charge in [0, 0.05) is 0 Å². The minimum Gasteiger partial charge on any atom is -0.103 e. The zero-order valence-corrected chi connectivity index (χ0v) is 8.60. The molecule has 0 N–H and O–H groups in total. The van der Waals surface area contributed by atoms with Gasteiger partial charge in [0.2, 0.25) is 0 Å². The van der Waals surface area contributed by atoms with E-state index in [1.54, 1.807) is 5.57 Å². The Morgan fingerprint density at radius 2 is 2.00 bits per heavy atom. The van der Waals surface area contributed by atoms with Gasteiger partial charge in [-0.2, -0.15) is 0 Å². The van der Waals surface area contributed by atoms with E-state index < -0.39 is 0 Å². The molecule has 70 valence electrons. The summed E-state index contributed by atoms with van der Waals surface area (Å²) in [7, 11) is 0. The average molecular weight is 166 g/mol. The van der Waals surface area contributed by atoms with Crippen LogP contribution in [-0.4, -0.2) is 0 Å². The third kappa shape index (κ3) is 7.59. The first kappa shape index (κ1) is 11.5. The number of rotatable bonds is 7. The van der Waals surface area contributed by atoms with Gasteiger partial charge in [-0.25, -0.2) is 0 Å². The van der Waals surface area contributed by atoms with E-state index in [2.05, 4.69) is 26.5 Å². The van der Waals surface area contributed by atoms with Crippen LogP contribution >= 0.6 is 0 Å². The van der Waals surface area contributed by atoms with Gasteiger partial charge in [-0.3, -0.25) is 0 Å². The quantitative estimate of drug-likeness (QED) is 0.386. The third-order valence-electron chi connectivity index (χ3n) is 2.03. The van der Waals surface area contributed by atoms with E-state index in [0.29, 0.717) is 0 Å². The highest BCUT2D eigenvalue weighted by molar-refractivity contribution is 4.97. The molecule has 0 saturated carbocycles. The smallest absolute Gasteiger partial charge is 0.0323 e. The van der Waals surface area contributed by atoms with Gasteiger partial charge in [0.15, 0.2) is 0 Å². The monoisotopic (exact) mass is 166 g/mol. The fraction of sp³-hybridized carbons (Fsp3) is 0.667. The molecule has 0 aromatic heterocycles. The molecule has 0 unspecified atom stereocenters. The van der Waals surface area contributed by atoms with Gasteiger partial charge in [-0.05, 0) is 39.0 Å². The van der Waals surface area contributed by atoms with Crippen molar-refractivity contribution in [2.24, 2.45) is 0 Å². The summed E-state index contributed by atoms with van der Waals surface area (Å²) in [5.74, 6) is 0. The summed E-state index contributed by atoms with van der Waals surface area (Å²) in [6.45, 7) is 8.19. The van der Waals surface area contributed by atoms with Gasteiger partial charge in [-0.15, -0.1) is 6.58 Å². The summed E-state index contributed by atoms with van der Waals surface area (Å²) < 4.78 is 0. The van der Waals surface area contributed by atoms with Crippen molar-refractivity contribution in [3.8, 4) is 0 Å². The fourth-order valence-corrected chi connectivity index (χ4v) is 1.17. The molecule has 0 fully saturated rings. The summed E-state index contributed by atoms with van der Waals surface area (Å²) in [6, 6.07) is 0. The lowest BCUT2D eigenvalue weighted by atomic mass is 10.1. The molecular formula is C12H22. The molecule has 0 aromatic carbocycles. The van der Waals surface area contributed by atoms with E-state index in [4.69, 9.17) is 0 Å². The van der Waals surface area contributed by atoms with Crippen LogP contribution in [0.15, 0.2) is 24.3 Å². The molecule has 0 rings (SSSR count). The summed E-state index contributed by atoms with van der Waals surface area (Å²) >= 11 is 0. The minimum absolute atomic E-state index is 1.15. The number of hydrogen-bond donors (Lipinski definition) is 0. The second-order valence-corrected chi connectivity index (χ2v) is 3.37. The molecule has 12 heavy (non-hydrogen) atoms. The first-order valence-electron chi connectivity index (χ1n) is 5.07. The van der Waals surface area contributed by atoms with Crippen LogP contribution in [0.3, 0.4) is 0 Å². The molecule has 0 heteroatoms. The molecule has 0 heterocycles. The molecule has 0 aliphatic heterocycles. The zero-order chi connectivity index (χ0) is 9.23. The van der Waals surface area contributed by atoms with Crippen LogP contribution in [0.25, 0.3) is 0 Å². The number of hydrogen-bond acceptors (Lipinski definition) is 0. The van der Waals surface area contributed by atoms with Crippen molar-refractivity contribution < 1.29 is 0 Å². The molecule has 0 radical (unpaired) electrons. The Bertz CT molecular complexity index is 131. The van der Waals surface area contributed by atoms with E-state index in [-0.39, 0.29) is 0 Å². The molecular weight excluding hydrogens is 144 g/mol. The second kappa shape index (κ2) is 8.58. The third-order valence-corrected chi connectivity index (χ3v) is 2.03. The normalized spacial score (nSPS) is 11.7. The molecule has 0 aliphatic carbocycles. The average Bonchev–Trinajstić information content (AvgIpc) is 2.09. The topological polar surface area (TPSA) is 0 Å². The predicted molar refractivity (Wildman–Crippen MR) is 57.3 cm³/mol. The predicted octanol–water partition coefficient (Wildman–Crippen LogP) is 4.48. The maximum Gasteiger partial charge on any atom is -0.0323 e. The van der Waals surface area contributed by atoms with Crippen molar-refractivity contribution in [3.05, 3.63) is 24.3 Å². The Morgan fingerprint density at radius 3 is 2.58 bits per heavy atom. The SMILES string of the molecule is C=CCCCC=C(C)CCCC. The van der Waals surface area contributed by atoms with E-state index in [1.807, 2.05) is 6.08 Å². The van der Waals surface area contributed by atoms with Crippen LogP contribution in [0, 0.1) is 0 Å². The first-order chi connectivity index (χ1) is 5.81. The van der Waals surface area contributed by atoms with Gasteiger partial charge >= 0.3 is 0 Å². The highest BCUT2D eigenvalue weighted by Crippen LogP contribution is 2.08. The number of allylic oxidation sites excluding steroid dienone is 3. The largest absolute Gasteiger partial charge is 0.103 e. The van der Waals surface area contributed by atoms with E-state index in [9.17, 15) is 0 Å². The lowest BCUT2D eigenvalue weighted by Gasteiger charge is -1.98. The summed E-state index contributed by atoms with van der Waals surface area (Å²) in [6.07, 6.45) is 11.9. The number of unbranched alkanes of at least 4 members (excludes halogenated alkanes) is 3. The lowest BCUT2D eigenvalue weighted by Crippen LogP contribution is -1.78. The standard InChI is InChI=1S/C12H22/c1-4-6-8-9-11-12(3)10-7-5-2/h4,11H,1,5-10H2,2-3H3. The summed E-state index contributed by atoms with van der Waals surface area (Å²) in [5, 5.41) is 0. The molecule has 0 aromatic rings. The van der Waals surface area contributed by atoms with Crippen LogP contribution in [0.1, 0.15) is 52.4 Å². The van der Waals surface area contributed by atoms with Gasteiger partial charge in [0.25, 0.3) is 0 Å².